The van der Waals surface area contributed by atoms with Crippen molar-refractivity contribution in [2.24, 2.45) is 0 Å². The van der Waals surface area contributed by atoms with E-state index in [1.54, 1.807) is 4.57 Å². The molecule has 0 saturated heterocycles. The lowest BCUT2D eigenvalue weighted by Gasteiger charge is -2.11. The molecule has 2 aromatic rings. The van der Waals surface area contributed by atoms with E-state index in [0.717, 1.165) is 11.4 Å². The van der Waals surface area contributed by atoms with Crippen LogP contribution in [0.5, 0.6) is 5.75 Å². The second-order valence-corrected chi connectivity index (χ2v) is 4.12. The summed E-state index contributed by atoms with van der Waals surface area (Å²) in [4.78, 5) is 14.4. The Morgan fingerprint density at radius 2 is 2.22 bits per heavy atom. The Balaban J connectivity index is 2.29. The number of carbonyl (C=O) groups excluding carboxylic acids is 1. The highest BCUT2D eigenvalue weighted by molar-refractivity contribution is 5.83. The molecule has 0 aliphatic carbocycles. The monoisotopic (exact) mass is 245 g/mol. The number of aromatic carboxylic acids is 1. The van der Waals surface area contributed by atoms with Crippen molar-refractivity contribution >= 4 is 5.97 Å². The van der Waals surface area contributed by atoms with Crippen LogP contribution in [-0.2, 0) is 0 Å². The summed E-state index contributed by atoms with van der Waals surface area (Å²) in [5.74, 6) is -0.561. The molecular formula is C13H13N2O3-. The van der Waals surface area contributed by atoms with Crippen LogP contribution in [0.3, 0.4) is 0 Å². The van der Waals surface area contributed by atoms with Gasteiger partial charge in [0.2, 0.25) is 0 Å². The first-order valence-corrected chi connectivity index (χ1v) is 5.58. The molecule has 0 fully saturated rings. The van der Waals surface area contributed by atoms with Gasteiger partial charge in [0.05, 0.1) is 24.1 Å². The van der Waals surface area contributed by atoms with Crippen LogP contribution in [0.15, 0.2) is 36.8 Å². The van der Waals surface area contributed by atoms with Gasteiger partial charge in [-0.15, -0.1) is 0 Å². The van der Waals surface area contributed by atoms with Gasteiger partial charge in [0.15, 0.2) is 0 Å². The van der Waals surface area contributed by atoms with Gasteiger partial charge in [0.25, 0.3) is 0 Å². The van der Waals surface area contributed by atoms with Gasteiger partial charge in [-0.3, -0.25) is 0 Å². The summed E-state index contributed by atoms with van der Waals surface area (Å²) in [5, 5.41) is 10.6. The number of ether oxygens (including phenoxy) is 1. The Morgan fingerprint density at radius 1 is 1.44 bits per heavy atom. The van der Waals surface area contributed by atoms with Crippen LogP contribution in [0, 0.1) is 0 Å². The summed E-state index contributed by atoms with van der Waals surface area (Å²) < 4.78 is 7.18. The number of nitrogens with zero attached hydrogens (tertiary/aromatic N) is 2. The van der Waals surface area contributed by atoms with Crippen molar-refractivity contribution in [1.29, 1.82) is 0 Å². The molecule has 0 aliphatic heterocycles. The smallest absolute Gasteiger partial charge is 0.121 e. The first kappa shape index (κ1) is 12.2. The SMILES string of the molecule is CC(C)Oc1cccc(-n2cnc(C(=O)[O-])c2)c1. The number of aromatic nitrogens is 2. The maximum absolute atomic E-state index is 10.6. The maximum Gasteiger partial charge on any atom is 0.121 e. The van der Waals surface area contributed by atoms with Crippen molar-refractivity contribution in [2.75, 3.05) is 0 Å². The van der Waals surface area contributed by atoms with Gasteiger partial charge >= 0.3 is 0 Å². The van der Waals surface area contributed by atoms with Crippen molar-refractivity contribution in [3.8, 4) is 11.4 Å². The minimum atomic E-state index is -1.29. The molecule has 5 heteroatoms. The lowest BCUT2D eigenvalue weighted by molar-refractivity contribution is -0.255. The predicted molar refractivity (Wildman–Crippen MR) is 63.7 cm³/mol. The topological polar surface area (TPSA) is 67.2 Å². The van der Waals surface area contributed by atoms with Gasteiger partial charge in [-0.2, -0.15) is 0 Å². The fraction of sp³-hybridized carbons (Fsp3) is 0.231. The first-order chi connectivity index (χ1) is 8.56. The Hall–Kier alpha value is -2.30. The average Bonchev–Trinajstić information content (AvgIpc) is 2.77. The van der Waals surface area contributed by atoms with Crippen LogP contribution in [0.2, 0.25) is 0 Å². The van der Waals surface area contributed by atoms with Crippen molar-refractivity contribution < 1.29 is 14.6 Å². The highest BCUT2D eigenvalue weighted by Gasteiger charge is 2.03. The third kappa shape index (κ3) is 2.68. The van der Waals surface area contributed by atoms with Crippen LogP contribution in [0.4, 0.5) is 0 Å². The highest BCUT2D eigenvalue weighted by Crippen LogP contribution is 2.18. The Morgan fingerprint density at radius 3 is 2.83 bits per heavy atom. The molecule has 18 heavy (non-hydrogen) atoms. The normalized spacial score (nSPS) is 10.6. The minimum Gasteiger partial charge on any atom is -0.543 e. The summed E-state index contributed by atoms with van der Waals surface area (Å²) >= 11 is 0. The number of carboxylic acid groups (broad SMARTS) is 1. The van der Waals surface area contributed by atoms with E-state index in [1.165, 1.54) is 12.5 Å². The van der Waals surface area contributed by atoms with Crippen molar-refractivity contribution in [3.05, 3.63) is 42.5 Å². The van der Waals surface area contributed by atoms with E-state index >= 15 is 0 Å². The van der Waals surface area contributed by atoms with Crippen LogP contribution >= 0.6 is 0 Å². The lowest BCUT2D eigenvalue weighted by atomic mass is 10.3. The van der Waals surface area contributed by atoms with Crippen molar-refractivity contribution in [1.82, 2.24) is 9.55 Å². The maximum atomic E-state index is 10.6. The second-order valence-electron chi connectivity index (χ2n) is 4.12. The summed E-state index contributed by atoms with van der Waals surface area (Å²) in [6, 6.07) is 7.35. The van der Waals surface area contributed by atoms with Crippen molar-refractivity contribution in [3.63, 3.8) is 0 Å². The largest absolute Gasteiger partial charge is 0.543 e. The van der Waals surface area contributed by atoms with E-state index in [2.05, 4.69) is 4.98 Å². The quantitative estimate of drug-likeness (QED) is 0.806. The number of imidazole rings is 1. The molecule has 0 aliphatic rings. The molecule has 0 bridgehead atoms. The Kier molecular flexibility index (Phi) is 3.32. The number of rotatable bonds is 4. The molecular weight excluding hydrogens is 232 g/mol. The van der Waals surface area contributed by atoms with E-state index in [0.29, 0.717) is 0 Å². The number of hydrogen-bond donors (Lipinski definition) is 0. The third-order valence-electron chi connectivity index (χ3n) is 2.28. The van der Waals surface area contributed by atoms with Crippen LogP contribution < -0.4 is 9.84 Å². The van der Waals surface area contributed by atoms with Gasteiger partial charge in [0.1, 0.15) is 11.4 Å². The summed E-state index contributed by atoms with van der Waals surface area (Å²) in [7, 11) is 0. The van der Waals surface area contributed by atoms with E-state index in [1.807, 2.05) is 38.1 Å². The van der Waals surface area contributed by atoms with E-state index in [-0.39, 0.29) is 11.8 Å². The Labute approximate surface area is 105 Å². The zero-order valence-corrected chi connectivity index (χ0v) is 10.2. The standard InChI is InChI=1S/C13H14N2O3/c1-9(2)18-11-5-3-4-10(6-11)15-7-12(13(16)17)14-8-15/h3-9H,1-2H3,(H,16,17)/p-1. The minimum absolute atomic E-state index is 0.0850. The molecule has 5 nitrogen and oxygen atoms in total. The molecule has 0 saturated carbocycles. The highest BCUT2D eigenvalue weighted by atomic mass is 16.5. The fourth-order valence-corrected chi connectivity index (χ4v) is 1.56. The molecule has 2 rings (SSSR count). The number of carbonyl (C=O) groups is 1. The molecule has 0 radical (unpaired) electrons. The van der Waals surface area contributed by atoms with Gasteiger partial charge in [-0.05, 0) is 26.0 Å². The van der Waals surface area contributed by atoms with Crippen LogP contribution in [0.25, 0.3) is 5.69 Å². The van der Waals surface area contributed by atoms with E-state index < -0.39 is 5.97 Å². The van der Waals surface area contributed by atoms with E-state index in [4.69, 9.17) is 4.74 Å². The Bertz CT molecular complexity index is 561. The van der Waals surface area contributed by atoms with Crippen molar-refractivity contribution in [2.45, 2.75) is 20.0 Å². The molecule has 0 unspecified atom stereocenters. The molecule has 0 amide bonds. The molecule has 0 spiro atoms. The third-order valence-corrected chi connectivity index (χ3v) is 2.28. The number of hydrogen-bond acceptors (Lipinski definition) is 4. The van der Waals surface area contributed by atoms with Gasteiger partial charge in [-0.1, -0.05) is 6.07 Å². The second kappa shape index (κ2) is 4.91. The molecule has 1 aromatic carbocycles. The lowest BCUT2D eigenvalue weighted by Crippen LogP contribution is -2.22. The first-order valence-electron chi connectivity index (χ1n) is 5.58. The molecule has 0 atom stereocenters. The molecule has 0 N–H and O–H groups in total. The van der Waals surface area contributed by atoms with Crippen LogP contribution in [0.1, 0.15) is 24.3 Å². The van der Waals surface area contributed by atoms with E-state index in [9.17, 15) is 9.90 Å². The molecule has 94 valence electrons. The average molecular weight is 245 g/mol. The number of carboxylic acids is 1. The zero-order chi connectivity index (χ0) is 13.1. The molecule has 1 heterocycles. The predicted octanol–water partition coefficient (Wildman–Crippen LogP) is 1.02. The molecule has 1 aromatic heterocycles. The summed E-state index contributed by atoms with van der Waals surface area (Å²) in [6.07, 6.45) is 2.92. The van der Waals surface area contributed by atoms with Gasteiger partial charge < -0.3 is 19.2 Å². The van der Waals surface area contributed by atoms with Crippen LogP contribution in [-0.4, -0.2) is 21.6 Å². The zero-order valence-electron chi connectivity index (χ0n) is 10.2. The summed E-state index contributed by atoms with van der Waals surface area (Å²) in [6.45, 7) is 3.89. The number of benzene rings is 1. The fourth-order valence-electron chi connectivity index (χ4n) is 1.56. The van der Waals surface area contributed by atoms with Gasteiger partial charge in [-0.25, -0.2) is 4.98 Å². The van der Waals surface area contributed by atoms with Gasteiger partial charge in [0, 0.05) is 12.3 Å². The summed E-state index contributed by atoms with van der Waals surface area (Å²) in [5.41, 5.74) is 0.693.